The molecule has 0 N–H and O–H groups in total. The van der Waals surface area contributed by atoms with Crippen LogP contribution < -0.4 is 0 Å². The summed E-state index contributed by atoms with van der Waals surface area (Å²) in [4.78, 5) is 0. The second kappa shape index (κ2) is 11.5. The van der Waals surface area contributed by atoms with Gasteiger partial charge in [-0.25, -0.2) is 4.39 Å². The molecule has 29 heavy (non-hydrogen) atoms. The van der Waals surface area contributed by atoms with E-state index in [0.717, 1.165) is 41.4 Å². The summed E-state index contributed by atoms with van der Waals surface area (Å²) in [5.74, 6) is 1.73. The minimum atomic E-state index is -0.0760. The monoisotopic (exact) mass is 394 g/mol. The molecule has 2 aromatic carbocycles. The van der Waals surface area contributed by atoms with Crippen LogP contribution in [0, 0.1) is 17.7 Å². The third-order valence-electron chi connectivity index (χ3n) is 6.87. The molecule has 1 aliphatic rings. The van der Waals surface area contributed by atoms with Crippen molar-refractivity contribution in [3.8, 4) is 11.1 Å². The normalized spacial score (nSPS) is 19.4. The summed E-state index contributed by atoms with van der Waals surface area (Å²) < 4.78 is 14.8. The van der Waals surface area contributed by atoms with Gasteiger partial charge in [-0.3, -0.25) is 0 Å². The molecule has 0 nitrogen and oxygen atoms in total. The molecular formula is C28H39F. The van der Waals surface area contributed by atoms with Crippen molar-refractivity contribution < 1.29 is 4.39 Å². The number of halogens is 1. The summed E-state index contributed by atoms with van der Waals surface area (Å²) in [5.41, 5.74) is 4.22. The molecule has 1 heteroatoms. The zero-order valence-electron chi connectivity index (χ0n) is 18.6. The van der Waals surface area contributed by atoms with Crippen LogP contribution in [0.15, 0.2) is 42.5 Å². The molecule has 0 heterocycles. The molecule has 1 aliphatic carbocycles. The van der Waals surface area contributed by atoms with Crippen molar-refractivity contribution in [3.63, 3.8) is 0 Å². The van der Waals surface area contributed by atoms with Crippen molar-refractivity contribution in [2.45, 2.75) is 90.9 Å². The average molecular weight is 395 g/mol. The third kappa shape index (κ3) is 6.69. The van der Waals surface area contributed by atoms with Crippen molar-refractivity contribution in [2.24, 2.45) is 11.8 Å². The molecule has 0 atom stereocenters. The van der Waals surface area contributed by atoms with Crippen LogP contribution in [-0.2, 0) is 12.8 Å². The summed E-state index contributed by atoms with van der Waals surface area (Å²) in [5, 5.41) is 0. The van der Waals surface area contributed by atoms with Crippen LogP contribution in [0.1, 0.15) is 89.2 Å². The SMILES string of the molecule is CCCCCc1ccc(-c2ccc(CC[C@H]3CC[C@H](CCC)CC3)cc2F)cc1. The lowest BCUT2D eigenvalue weighted by atomic mass is 9.78. The largest absolute Gasteiger partial charge is 0.206 e. The van der Waals surface area contributed by atoms with Crippen LogP contribution in [0.25, 0.3) is 11.1 Å². The summed E-state index contributed by atoms with van der Waals surface area (Å²) in [6, 6.07) is 14.4. The summed E-state index contributed by atoms with van der Waals surface area (Å²) in [7, 11) is 0. The van der Waals surface area contributed by atoms with E-state index in [2.05, 4.69) is 44.2 Å². The van der Waals surface area contributed by atoms with Gasteiger partial charge in [0.1, 0.15) is 5.82 Å². The second-order valence-corrected chi connectivity index (χ2v) is 9.18. The average Bonchev–Trinajstić information content (AvgIpc) is 2.74. The van der Waals surface area contributed by atoms with Gasteiger partial charge >= 0.3 is 0 Å². The van der Waals surface area contributed by atoms with Gasteiger partial charge in [0.15, 0.2) is 0 Å². The molecule has 158 valence electrons. The van der Waals surface area contributed by atoms with E-state index in [1.165, 1.54) is 69.8 Å². The Balaban J connectivity index is 1.52. The Bertz CT molecular complexity index is 722. The summed E-state index contributed by atoms with van der Waals surface area (Å²) in [6.07, 6.45) is 15.4. The number of unbranched alkanes of at least 4 members (excludes halogenated alkanes) is 2. The third-order valence-corrected chi connectivity index (χ3v) is 6.87. The molecular weight excluding hydrogens is 355 g/mol. The summed E-state index contributed by atoms with van der Waals surface area (Å²) in [6.45, 7) is 4.53. The van der Waals surface area contributed by atoms with Crippen molar-refractivity contribution in [1.29, 1.82) is 0 Å². The van der Waals surface area contributed by atoms with Gasteiger partial charge in [0.05, 0.1) is 0 Å². The predicted molar refractivity (Wildman–Crippen MR) is 124 cm³/mol. The maximum absolute atomic E-state index is 14.8. The maximum atomic E-state index is 14.8. The molecule has 1 saturated carbocycles. The fourth-order valence-corrected chi connectivity index (χ4v) is 4.97. The van der Waals surface area contributed by atoms with Crippen LogP contribution in [0.2, 0.25) is 0 Å². The highest BCUT2D eigenvalue weighted by atomic mass is 19.1. The Labute approximate surface area is 177 Å². The van der Waals surface area contributed by atoms with Gasteiger partial charge in [-0.1, -0.05) is 102 Å². The Hall–Kier alpha value is -1.63. The number of rotatable bonds is 10. The molecule has 0 aliphatic heterocycles. The van der Waals surface area contributed by atoms with Crippen molar-refractivity contribution in [2.75, 3.05) is 0 Å². The quantitative estimate of drug-likeness (QED) is 0.353. The minimum absolute atomic E-state index is 0.0760. The molecule has 3 rings (SSSR count). The van der Waals surface area contributed by atoms with Crippen LogP contribution in [0.5, 0.6) is 0 Å². The zero-order valence-corrected chi connectivity index (χ0v) is 18.6. The standard InChI is InChI=1S/C28H39F/c1-3-5-6-8-23-15-18-26(19-16-23)27-20-17-25(21-28(27)29)14-13-24-11-9-22(7-4-2)10-12-24/h15-22,24H,3-14H2,1-2H3/t22-,24-. The molecule has 1 fully saturated rings. The van der Waals surface area contributed by atoms with E-state index < -0.39 is 0 Å². The van der Waals surface area contributed by atoms with Gasteiger partial charge in [-0.2, -0.15) is 0 Å². The highest BCUT2D eigenvalue weighted by Crippen LogP contribution is 2.34. The van der Waals surface area contributed by atoms with Crippen LogP contribution >= 0.6 is 0 Å². The summed E-state index contributed by atoms with van der Waals surface area (Å²) >= 11 is 0. The first-order chi connectivity index (χ1) is 14.2. The first-order valence-corrected chi connectivity index (χ1v) is 12.1. The van der Waals surface area contributed by atoms with Crippen molar-refractivity contribution in [3.05, 3.63) is 59.4 Å². The van der Waals surface area contributed by atoms with Gasteiger partial charge in [0.25, 0.3) is 0 Å². The molecule has 0 spiro atoms. The molecule has 0 aromatic heterocycles. The smallest absolute Gasteiger partial charge is 0.131 e. The second-order valence-electron chi connectivity index (χ2n) is 9.18. The lowest BCUT2D eigenvalue weighted by molar-refractivity contribution is 0.252. The van der Waals surface area contributed by atoms with E-state index in [0.29, 0.717) is 0 Å². The predicted octanol–water partition coefficient (Wildman–Crippen LogP) is 8.76. The van der Waals surface area contributed by atoms with E-state index >= 15 is 0 Å². The van der Waals surface area contributed by atoms with Gasteiger partial charge < -0.3 is 0 Å². The van der Waals surface area contributed by atoms with Crippen LogP contribution in [-0.4, -0.2) is 0 Å². The van der Waals surface area contributed by atoms with Crippen molar-refractivity contribution in [1.82, 2.24) is 0 Å². The van der Waals surface area contributed by atoms with Crippen LogP contribution in [0.4, 0.5) is 4.39 Å². The van der Waals surface area contributed by atoms with Gasteiger partial charge in [-0.05, 0) is 60.3 Å². The van der Waals surface area contributed by atoms with Crippen LogP contribution in [0.3, 0.4) is 0 Å². The van der Waals surface area contributed by atoms with E-state index in [4.69, 9.17) is 0 Å². The maximum Gasteiger partial charge on any atom is 0.131 e. The minimum Gasteiger partial charge on any atom is -0.206 e. The molecule has 0 radical (unpaired) electrons. The number of benzene rings is 2. The number of hydrogen-bond acceptors (Lipinski definition) is 0. The van der Waals surface area contributed by atoms with Crippen molar-refractivity contribution >= 4 is 0 Å². The Morgan fingerprint density at radius 1 is 0.724 bits per heavy atom. The molecule has 0 saturated heterocycles. The lowest BCUT2D eigenvalue weighted by Crippen LogP contribution is -2.15. The van der Waals surface area contributed by atoms with E-state index in [9.17, 15) is 4.39 Å². The highest BCUT2D eigenvalue weighted by molar-refractivity contribution is 5.64. The number of hydrogen-bond donors (Lipinski definition) is 0. The van der Waals surface area contributed by atoms with E-state index in [1.807, 2.05) is 6.07 Å². The highest BCUT2D eigenvalue weighted by Gasteiger charge is 2.20. The molecule has 0 bridgehead atoms. The fourth-order valence-electron chi connectivity index (χ4n) is 4.97. The zero-order chi connectivity index (χ0) is 20.5. The number of aryl methyl sites for hydroxylation is 2. The molecule has 0 unspecified atom stereocenters. The molecule has 0 amide bonds. The fraction of sp³-hybridized carbons (Fsp3) is 0.571. The van der Waals surface area contributed by atoms with E-state index in [1.54, 1.807) is 6.07 Å². The Morgan fingerprint density at radius 3 is 2.00 bits per heavy atom. The first-order valence-electron chi connectivity index (χ1n) is 12.1. The van der Waals surface area contributed by atoms with E-state index in [-0.39, 0.29) is 5.82 Å². The van der Waals surface area contributed by atoms with Gasteiger partial charge in [-0.15, -0.1) is 0 Å². The van der Waals surface area contributed by atoms with Gasteiger partial charge in [0, 0.05) is 5.56 Å². The van der Waals surface area contributed by atoms with Gasteiger partial charge in [0.2, 0.25) is 0 Å². The lowest BCUT2D eigenvalue weighted by Gasteiger charge is -2.28. The Kier molecular flexibility index (Phi) is 8.77. The molecule has 2 aromatic rings. The topological polar surface area (TPSA) is 0 Å². The Morgan fingerprint density at radius 2 is 1.38 bits per heavy atom. The first kappa shape index (κ1) is 22.1.